The van der Waals surface area contributed by atoms with Crippen LogP contribution in [0.3, 0.4) is 0 Å². The van der Waals surface area contributed by atoms with Gasteiger partial charge in [-0.15, -0.1) is 0 Å². The van der Waals surface area contributed by atoms with Gasteiger partial charge in [-0.2, -0.15) is 4.31 Å². The third-order valence-corrected chi connectivity index (χ3v) is 8.18. The maximum Gasteiger partial charge on any atom is 0.419 e. The maximum absolute atomic E-state index is 12.8. The summed E-state index contributed by atoms with van der Waals surface area (Å²) < 4.78 is 38.7. The van der Waals surface area contributed by atoms with Crippen LogP contribution in [0.5, 0.6) is 0 Å². The summed E-state index contributed by atoms with van der Waals surface area (Å²) in [6, 6.07) is 4.39. The van der Waals surface area contributed by atoms with Crippen molar-refractivity contribution >= 4 is 33.0 Å². The smallest absolute Gasteiger partial charge is 0.419 e. The van der Waals surface area contributed by atoms with Gasteiger partial charge in [0.05, 0.1) is 22.9 Å². The Balaban J connectivity index is 1.46. The number of ether oxygens (including phenoxy) is 1. The molecule has 0 saturated carbocycles. The van der Waals surface area contributed by atoms with Gasteiger partial charge in [0.25, 0.3) is 0 Å². The zero-order chi connectivity index (χ0) is 23.6. The average molecular weight is 480 g/mol. The van der Waals surface area contributed by atoms with E-state index in [0.717, 1.165) is 19.3 Å². The van der Waals surface area contributed by atoms with Crippen LogP contribution in [0.15, 0.2) is 32.3 Å². The number of sulfonamides is 1. The van der Waals surface area contributed by atoms with Gasteiger partial charge in [0, 0.05) is 45.2 Å². The molecule has 2 aliphatic heterocycles. The van der Waals surface area contributed by atoms with E-state index in [2.05, 4.69) is 0 Å². The first-order valence-corrected chi connectivity index (χ1v) is 12.8. The minimum absolute atomic E-state index is 0.0674. The van der Waals surface area contributed by atoms with Gasteiger partial charge in [-0.3, -0.25) is 14.2 Å². The molecule has 0 unspecified atom stereocenters. The van der Waals surface area contributed by atoms with Crippen LogP contribution in [0, 0.1) is 5.92 Å². The Kier molecular flexibility index (Phi) is 6.89. The molecular formula is C22H29N3O7S. The summed E-state index contributed by atoms with van der Waals surface area (Å²) in [5.74, 6) is -1.40. The molecule has 4 rings (SSSR count). The molecular weight excluding hydrogens is 450 g/mol. The van der Waals surface area contributed by atoms with Gasteiger partial charge >= 0.3 is 11.7 Å². The van der Waals surface area contributed by atoms with Crippen molar-refractivity contribution in [3.8, 4) is 0 Å². The zero-order valence-electron chi connectivity index (χ0n) is 18.7. The predicted octanol–water partition coefficient (Wildman–Crippen LogP) is 1.57. The Morgan fingerprint density at radius 2 is 1.91 bits per heavy atom. The second-order valence-corrected chi connectivity index (χ2v) is 10.4. The normalized spacial score (nSPS) is 19.8. The summed E-state index contributed by atoms with van der Waals surface area (Å²) in [5, 5.41) is 0. The molecule has 1 amide bonds. The van der Waals surface area contributed by atoms with E-state index in [0.29, 0.717) is 44.7 Å². The standard InChI is InChI=1S/C22H29N3O7S/c1-2-31-21(27)16-6-5-10-23(15-16)20(26)9-13-25-18-8-7-17(14-19(18)32-22(25)28)33(29,30)24-11-3-4-12-24/h7-8,14,16H,2-6,9-13,15H2,1H3/t16-/m0/s1. The van der Waals surface area contributed by atoms with Crippen LogP contribution in [-0.2, 0) is 30.9 Å². The minimum atomic E-state index is -3.63. The first-order chi connectivity index (χ1) is 15.8. The molecule has 1 aromatic heterocycles. The van der Waals surface area contributed by atoms with Crippen LogP contribution >= 0.6 is 0 Å². The summed E-state index contributed by atoms with van der Waals surface area (Å²) in [4.78, 5) is 38.9. The summed E-state index contributed by atoms with van der Waals surface area (Å²) in [5.41, 5.74) is 0.615. The highest BCUT2D eigenvalue weighted by atomic mass is 32.2. The van der Waals surface area contributed by atoms with Crippen molar-refractivity contribution in [3.05, 3.63) is 28.7 Å². The van der Waals surface area contributed by atoms with Crippen LogP contribution in [0.2, 0.25) is 0 Å². The molecule has 2 aromatic rings. The van der Waals surface area contributed by atoms with Gasteiger partial charge in [0.1, 0.15) is 0 Å². The van der Waals surface area contributed by atoms with Crippen molar-refractivity contribution in [1.82, 2.24) is 13.8 Å². The lowest BCUT2D eigenvalue weighted by Crippen LogP contribution is -2.43. The number of carbonyl (C=O) groups excluding carboxylic acids is 2. The first kappa shape index (κ1) is 23.5. The fourth-order valence-corrected chi connectivity index (χ4v) is 6.05. The number of oxazole rings is 1. The molecule has 10 nitrogen and oxygen atoms in total. The highest BCUT2D eigenvalue weighted by Gasteiger charge is 2.30. The van der Waals surface area contributed by atoms with Gasteiger partial charge in [-0.05, 0) is 44.7 Å². The van der Waals surface area contributed by atoms with E-state index in [1.54, 1.807) is 17.9 Å². The van der Waals surface area contributed by atoms with Crippen molar-refractivity contribution in [2.24, 2.45) is 5.92 Å². The summed E-state index contributed by atoms with van der Waals surface area (Å²) in [7, 11) is -3.63. The number of aromatic nitrogens is 1. The Bertz CT molecular complexity index is 1190. The largest absolute Gasteiger partial charge is 0.466 e. The highest BCUT2D eigenvalue weighted by molar-refractivity contribution is 7.89. The van der Waals surface area contributed by atoms with E-state index in [9.17, 15) is 22.8 Å². The summed E-state index contributed by atoms with van der Waals surface area (Å²) in [6.07, 6.45) is 3.14. The molecule has 0 N–H and O–H groups in total. The van der Waals surface area contributed by atoms with E-state index in [-0.39, 0.29) is 41.2 Å². The number of piperidine rings is 1. The van der Waals surface area contributed by atoms with Gasteiger partial charge in [0.2, 0.25) is 15.9 Å². The lowest BCUT2D eigenvalue weighted by molar-refractivity contribution is -0.151. The molecule has 3 heterocycles. The molecule has 180 valence electrons. The molecule has 2 fully saturated rings. The van der Waals surface area contributed by atoms with Crippen molar-refractivity contribution in [3.63, 3.8) is 0 Å². The van der Waals surface area contributed by atoms with Crippen molar-refractivity contribution in [1.29, 1.82) is 0 Å². The number of benzene rings is 1. The van der Waals surface area contributed by atoms with Gasteiger partial charge in [0.15, 0.2) is 5.58 Å². The van der Waals surface area contributed by atoms with E-state index in [4.69, 9.17) is 9.15 Å². The molecule has 0 aliphatic carbocycles. The zero-order valence-corrected chi connectivity index (χ0v) is 19.5. The van der Waals surface area contributed by atoms with Crippen LogP contribution in [0.25, 0.3) is 11.1 Å². The minimum Gasteiger partial charge on any atom is -0.466 e. The monoisotopic (exact) mass is 479 g/mol. The summed E-state index contributed by atoms with van der Waals surface area (Å²) >= 11 is 0. The van der Waals surface area contributed by atoms with E-state index in [1.807, 2.05) is 0 Å². The SMILES string of the molecule is CCOC(=O)[C@H]1CCCN(C(=O)CCn2c(=O)oc3cc(S(=O)(=O)N4CCCC4)ccc32)C1. The van der Waals surface area contributed by atoms with E-state index < -0.39 is 15.8 Å². The van der Waals surface area contributed by atoms with Gasteiger partial charge in [-0.1, -0.05) is 0 Å². The molecule has 1 aromatic carbocycles. The molecule has 0 radical (unpaired) electrons. The summed E-state index contributed by atoms with van der Waals surface area (Å²) in [6.45, 7) is 4.01. The molecule has 2 aliphatic rings. The lowest BCUT2D eigenvalue weighted by Gasteiger charge is -2.31. The number of fused-ring (bicyclic) bond motifs is 1. The Morgan fingerprint density at radius 3 is 2.64 bits per heavy atom. The maximum atomic E-state index is 12.8. The molecule has 0 bridgehead atoms. The van der Waals surface area contributed by atoms with Gasteiger partial charge < -0.3 is 14.1 Å². The molecule has 2 saturated heterocycles. The van der Waals surface area contributed by atoms with Crippen LogP contribution in [0.1, 0.15) is 39.0 Å². The quantitative estimate of drug-likeness (QED) is 0.553. The van der Waals surface area contributed by atoms with Crippen LogP contribution in [0.4, 0.5) is 0 Å². The van der Waals surface area contributed by atoms with E-state index in [1.165, 1.54) is 21.0 Å². The van der Waals surface area contributed by atoms with Crippen molar-refractivity contribution in [2.45, 2.75) is 50.5 Å². The molecule has 0 spiro atoms. The predicted molar refractivity (Wildman–Crippen MR) is 119 cm³/mol. The van der Waals surface area contributed by atoms with Gasteiger partial charge in [-0.25, -0.2) is 13.2 Å². The number of rotatable bonds is 7. The third kappa shape index (κ3) is 4.84. The number of hydrogen-bond acceptors (Lipinski definition) is 7. The molecule has 33 heavy (non-hydrogen) atoms. The van der Waals surface area contributed by atoms with E-state index >= 15 is 0 Å². The molecule has 1 atom stereocenters. The van der Waals surface area contributed by atoms with Crippen molar-refractivity contribution < 1.29 is 27.2 Å². The second-order valence-electron chi connectivity index (χ2n) is 8.44. The lowest BCUT2D eigenvalue weighted by atomic mass is 9.98. The number of hydrogen-bond donors (Lipinski definition) is 0. The number of amides is 1. The van der Waals surface area contributed by atoms with Crippen LogP contribution in [-0.4, -0.2) is 66.9 Å². The second kappa shape index (κ2) is 9.68. The number of likely N-dealkylation sites (tertiary alicyclic amines) is 1. The number of nitrogens with zero attached hydrogens (tertiary/aromatic N) is 3. The Labute approximate surface area is 192 Å². The number of carbonyl (C=O) groups is 2. The fraction of sp³-hybridized carbons (Fsp3) is 0.591. The first-order valence-electron chi connectivity index (χ1n) is 11.4. The number of aryl methyl sites for hydroxylation is 1. The molecule has 11 heteroatoms. The topological polar surface area (TPSA) is 119 Å². The number of esters is 1. The highest BCUT2D eigenvalue weighted by Crippen LogP contribution is 2.25. The van der Waals surface area contributed by atoms with Crippen molar-refractivity contribution in [2.75, 3.05) is 32.8 Å². The third-order valence-electron chi connectivity index (χ3n) is 6.29. The van der Waals surface area contributed by atoms with Crippen LogP contribution < -0.4 is 5.76 Å². The fourth-order valence-electron chi connectivity index (χ4n) is 4.52. The Morgan fingerprint density at radius 1 is 1.15 bits per heavy atom. The average Bonchev–Trinajstić information content (AvgIpc) is 3.45. The Hall–Kier alpha value is -2.66.